The van der Waals surface area contributed by atoms with E-state index in [1.165, 1.54) is 5.56 Å². The highest BCUT2D eigenvalue weighted by molar-refractivity contribution is 7.99. The molecule has 3 nitrogen and oxygen atoms in total. The molecule has 2 atom stereocenters. The van der Waals surface area contributed by atoms with Crippen molar-refractivity contribution in [3.05, 3.63) is 29.8 Å². The van der Waals surface area contributed by atoms with Gasteiger partial charge in [-0.2, -0.15) is 11.8 Å². The Morgan fingerprint density at radius 2 is 2.44 bits per heavy atom. The molecular formula is C14H21NO2S. The molecule has 18 heavy (non-hydrogen) atoms. The molecule has 1 aromatic carbocycles. The van der Waals surface area contributed by atoms with Crippen LogP contribution in [0.15, 0.2) is 24.3 Å². The fourth-order valence-electron chi connectivity index (χ4n) is 2.21. The first-order valence-corrected chi connectivity index (χ1v) is 7.48. The Morgan fingerprint density at radius 3 is 3.11 bits per heavy atom. The Kier molecular flexibility index (Phi) is 5.35. The van der Waals surface area contributed by atoms with Crippen molar-refractivity contribution in [3.8, 4) is 5.75 Å². The minimum atomic E-state index is 0.306. The summed E-state index contributed by atoms with van der Waals surface area (Å²) < 4.78 is 11.1. The van der Waals surface area contributed by atoms with Crippen molar-refractivity contribution in [3.63, 3.8) is 0 Å². The Hall–Kier alpha value is -0.710. The van der Waals surface area contributed by atoms with Crippen LogP contribution in [0.2, 0.25) is 0 Å². The number of hydrogen-bond acceptors (Lipinski definition) is 4. The standard InChI is InChI=1S/C14H21NO2S/c1-15-13(14-10-18-7-6-17-14)9-11-4-3-5-12(8-11)16-2/h3-5,8,13-15H,6-7,9-10H2,1-2H3. The van der Waals surface area contributed by atoms with Gasteiger partial charge >= 0.3 is 0 Å². The van der Waals surface area contributed by atoms with Crippen molar-refractivity contribution < 1.29 is 9.47 Å². The van der Waals surface area contributed by atoms with E-state index < -0.39 is 0 Å². The van der Waals surface area contributed by atoms with Crippen LogP contribution in [0.3, 0.4) is 0 Å². The van der Waals surface area contributed by atoms with Crippen LogP contribution in [0.4, 0.5) is 0 Å². The average Bonchev–Trinajstić information content (AvgIpc) is 2.46. The van der Waals surface area contributed by atoms with Crippen molar-refractivity contribution in [1.82, 2.24) is 5.32 Å². The number of thioether (sulfide) groups is 1. The van der Waals surface area contributed by atoms with Gasteiger partial charge < -0.3 is 14.8 Å². The monoisotopic (exact) mass is 267 g/mol. The zero-order valence-electron chi connectivity index (χ0n) is 11.0. The lowest BCUT2D eigenvalue weighted by atomic mass is 10.0. The van der Waals surface area contributed by atoms with Gasteiger partial charge in [0.05, 0.1) is 19.8 Å². The molecule has 1 aliphatic rings. The molecule has 0 aromatic heterocycles. The summed E-state index contributed by atoms with van der Waals surface area (Å²) >= 11 is 1.98. The second-order valence-corrected chi connectivity index (χ2v) is 5.58. The predicted octanol–water partition coefficient (Wildman–Crippen LogP) is 1.96. The third-order valence-corrected chi connectivity index (χ3v) is 4.27. The molecular weight excluding hydrogens is 246 g/mol. The maximum atomic E-state index is 5.85. The molecule has 1 aliphatic heterocycles. The predicted molar refractivity (Wildman–Crippen MR) is 76.6 cm³/mol. The van der Waals surface area contributed by atoms with E-state index in [1.54, 1.807) is 7.11 Å². The summed E-state index contributed by atoms with van der Waals surface area (Å²) in [4.78, 5) is 0. The number of likely N-dealkylation sites (N-methyl/N-ethyl adjacent to an activating group) is 1. The van der Waals surface area contributed by atoms with E-state index in [9.17, 15) is 0 Å². The smallest absolute Gasteiger partial charge is 0.119 e. The number of ether oxygens (including phenoxy) is 2. The van der Waals surface area contributed by atoms with Crippen LogP contribution in [0.1, 0.15) is 5.56 Å². The van der Waals surface area contributed by atoms with Crippen LogP contribution in [0.25, 0.3) is 0 Å². The lowest BCUT2D eigenvalue weighted by Gasteiger charge is -2.30. The Labute approximate surface area is 113 Å². The molecule has 0 amide bonds. The van der Waals surface area contributed by atoms with Crippen LogP contribution in [-0.4, -0.2) is 44.4 Å². The van der Waals surface area contributed by atoms with Gasteiger partial charge in [-0.25, -0.2) is 0 Å². The van der Waals surface area contributed by atoms with Gasteiger partial charge in [0.25, 0.3) is 0 Å². The Morgan fingerprint density at radius 1 is 1.56 bits per heavy atom. The number of nitrogens with one attached hydrogen (secondary N) is 1. The van der Waals surface area contributed by atoms with Gasteiger partial charge in [-0.1, -0.05) is 12.1 Å². The highest BCUT2D eigenvalue weighted by Gasteiger charge is 2.23. The number of hydrogen-bond donors (Lipinski definition) is 1. The Bertz CT molecular complexity index is 367. The third-order valence-electron chi connectivity index (χ3n) is 3.25. The quantitative estimate of drug-likeness (QED) is 0.883. The minimum absolute atomic E-state index is 0.306. The summed E-state index contributed by atoms with van der Waals surface area (Å²) in [6.45, 7) is 0.867. The number of benzene rings is 1. The lowest BCUT2D eigenvalue weighted by Crippen LogP contribution is -2.44. The largest absolute Gasteiger partial charge is 0.497 e. The molecule has 1 aromatic rings. The summed E-state index contributed by atoms with van der Waals surface area (Å²) in [6, 6.07) is 8.62. The summed E-state index contributed by atoms with van der Waals surface area (Å²) in [7, 11) is 3.71. The van der Waals surface area contributed by atoms with Crippen LogP contribution in [-0.2, 0) is 11.2 Å². The maximum Gasteiger partial charge on any atom is 0.119 e. The van der Waals surface area contributed by atoms with Crippen molar-refractivity contribution in [2.24, 2.45) is 0 Å². The molecule has 0 radical (unpaired) electrons. The van der Waals surface area contributed by atoms with Crippen molar-refractivity contribution in [2.75, 3.05) is 32.3 Å². The van der Waals surface area contributed by atoms with Crippen molar-refractivity contribution >= 4 is 11.8 Å². The van der Waals surface area contributed by atoms with E-state index in [2.05, 4.69) is 17.4 Å². The molecule has 1 N–H and O–H groups in total. The first kappa shape index (κ1) is 13.7. The molecule has 2 rings (SSSR count). The summed E-state index contributed by atoms with van der Waals surface area (Å²) in [5.74, 6) is 3.11. The van der Waals surface area contributed by atoms with Gasteiger partial charge in [-0.05, 0) is 31.2 Å². The van der Waals surface area contributed by atoms with Gasteiger partial charge in [0.15, 0.2) is 0 Å². The van der Waals surface area contributed by atoms with Crippen molar-refractivity contribution in [2.45, 2.75) is 18.6 Å². The van der Waals surface area contributed by atoms with Gasteiger partial charge in [-0.3, -0.25) is 0 Å². The van der Waals surface area contributed by atoms with Crippen LogP contribution >= 0.6 is 11.8 Å². The van der Waals surface area contributed by atoms with Crippen LogP contribution < -0.4 is 10.1 Å². The van der Waals surface area contributed by atoms with E-state index in [1.807, 2.05) is 30.9 Å². The van der Waals surface area contributed by atoms with Gasteiger partial charge in [0.1, 0.15) is 5.75 Å². The fourth-order valence-corrected chi connectivity index (χ4v) is 3.15. The molecule has 1 saturated heterocycles. The summed E-state index contributed by atoms with van der Waals surface area (Å²) in [5.41, 5.74) is 1.29. The Balaban J connectivity index is 1.99. The van der Waals surface area contributed by atoms with Gasteiger partial charge in [-0.15, -0.1) is 0 Å². The molecule has 1 fully saturated rings. The summed E-state index contributed by atoms with van der Waals surface area (Å²) in [6.07, 6.45) is 1.28. The number of methoxy groups -OCH3 is 1. The van der Waals surface area contributed by atoms with E-state index in [0.29, 0.717) is 12.1 Å². The maximum absolute atomic E-state index is 5.85. The van der Waals surface area contributed by atoms with Gasteiger partial charge in [0.2, 0.25) is 0 Å². The fraction of sp³-hybridized carbons (Fsp3) is 0.571. The average molecular weight is 267 g/mol. The van der Waals surface area contributed by atoms with E-state index in [-0.39, 0.29) is 0 Å². The molecule has 0 bridgehead atoms. The lowest BCUT2D eigenvalue weighted by molar-refractivity contribution is 0.0492. The highest BCUT2D eigenvalue weighted by Crippen LogP contribution is 2.19. The normalized spacial score (nSPS) is 21.6. The zero-order valence-corrected chi connectivity index (χ0v) is 11.8. The first-order valence-electron chi connectivity index (χ1n) is 6.33. The zero-order chi connectivity index (χ0) is 12.8. The topological polar surface area (TPSA) is 30.5 Å². The number of rotatable bonds is 5. The van der Waals surface area contributed by atoms with Crippen LogP contribution in [0, 0.1) is 0 Å². The summed E-state index contributed by atoms with van der Waals surface area (Å²) in [5, 5.41) is 3.38. The second-order valence-electron chi connectivity index (χ2n) is 4.43. The molecule has 0 spiro atoms. The molecule has 100 valence electrons. The molecule has 0 aliphatic carbocycles. The molecule has 4 heteroatoms. The molecule has 1 heterocycles. The van der Waals surface area contributed by atoms with Crippen molar-refractivity contribution in [1.29, 1.82) is 0 Å². The SMILES string of the molecule is CNC(Cc1cccc(OC)c1)C1CSCCO1. The minimum Gasteiger partial charge on any atom is -0.497 e. The molecule has 2 unspecified atom stereocenters. The van der Waals surface area contributed by atoms with Crippen LogP contribution in [0.5, 0.6) is 5.75 Å². The van der Waals surface area contributed by atoms with E-state index >= 15 is 0 Å². The van der Waals surface area contributed by atoms with E-state index in [0.717, 1.165) is 30.3 Å². The van der Waals surface area contributed by atoms with Gasteiger partial charge in [0, 0.05) is 17.5 Å². The highest BCUT2D eigenvalue weighted by atomic mass is 32.2. The molecule has 0 saturated carbocycles. The first-order chi connectivity index (χ1) is 8.83. The van der Waals surface area contributed by atoms with E-state index in [4.69, 9.17) is 9.47 Å². The second kappa shape index (κ2) is 7.02. The third kappa shape index (κ3) is 3.64.